The Morgan fingerprint density at radius 2 is 1.77 bits per heavy atom. The van der Waals surface area contributed by atoms with Crippen LogP contribution in [0.5, 0.6) is 0 Å². The maximum Gasteiger partial charge on any atom is 0.225 e. The molecule has 1 heterocycles. The van der Waals surface area contributed by atoms with Gasteiger partial charge in [0.05, 0.1) is 10.0 Å². The van der Waals surface area contributed by atoms with Crippen LogP contribution in [0.2, 0.25) is 10.0 Å². The van der Waals surface area contributed by atoms with E-state index in [4.69, 9.17) is 23.2 Å². The number of hydrogen-bond donors (Lipinski definition) is 0. The van der Waals surface area contributed by atoms with Crippen LogP contribution in [0.4, 0.5) is 0 Å². The van der Waals surface area contributed by atoms with Gasteiger partial charge in [0.2, 0.25) is 5.91 Å². The molecule has 0 aromatic heterocycles. The lowest BCUT2D eigenvalue weighted by Gasteiger charge is -2.31. The quantitative estimate of drug-likeness (QED) is 0.778. The molecule has 0 N–H and O–H groups in total. The number of carbonyl (C=O) groups is 2. The molecule has 1 saturated heterocycles. The number of likely N-dealkylation sites (tertiary alicyclic amines) is 1. The van der Waals surface area contributed by atoms with Gasteiger partial charge in [-0.15, -0.1) is 0 Å². The molecule has 5 heteroatoms. The Kier molecular flexibility index (Phi) is 4.47. The highest BCUT2D eigenvalue weighted by Gasteiger charge is 2.42. The van der Waals surface area contributed by atoms with Crippen molar-refractivity contribution in [1.82, 2.24) is 4.90 Å². The highest BCUT2D eigenvalue weighted by atomic mass is 35.5. The van der Waals surface area contributed by atoms with Gasteiger partial charge in [0, 0.05) is 30.5 Å². The fourth-order valence-electron chi connectivity index (χ4n) is 3.15. The first-order valence-electron chi connectivity index (χ1n) is 7.75. The van der Waals surface area contributed by atoms with Crippen LogP contribution in [0.1, 0.15) is 36.5 Å². The number of rotatable bonds is 3. The predicted octanol–water partition coefficient (Wildman–Crippen LogP) is 4.07. The molecular formula is C17H19Cl2NO2. The number of carbonyl (C=O) groups excluding carboxylic acids is 2. The summed E-state index contributed by atoms with van der Waals surface area (Å²) in [4.78, 5) is 26.7. The highest BCUT2D eigenvalue weighted by Crippen LogP contribution is 2.40. The molecule has 2 atom stereocenters. The number of nitrogens with zero attached hydrogens (tertiary/aromatic N) is 1. The lowest BCUT2D eigenvalue weighted by Crippen LogP contribution is -2.41. The van der Waals surface area contributed by atoms with Crippen LogP contribution in [0.15, 0.2) is 18.2 Å². The molecule has 0 spiro atoms. The van der Waals surface area contributed by atoms with Gasteiger partial charge in [-0.05, 0) is 43.4 Å². The molecule has 0 unspecified atom stereocenters. The molecule has 1 saturated carbocycles. The lowest BCUT2D eigenvalue weighted by molar-refractivity contribution is -0.134. The average Bonchev–Trinajstić information content (AvgIpc) is 3.25. The monoisotopic (exact) mass is 339 g/mol. The maximum atomic E-state index is 12.5. The van der Waals surface area contributed by atoms with Gasteiger partial charge in [-0.3, -0.25) is 9.59 Å². The van der Waals surface area contributed by atoms with E-state index in [-0.39, 0.29) is 23.5 Å². The summed E-state index contributed by atoms with van der Waals surface area (Å²) in [6, 6.07) is 5.01. The SMILES string of the molecule is C[C@@H]1C[C@H]1C(=O)N1CCC(C(=O)c2ccc(Cl)c(Cl)c2)CC1. The smallest absolute Gasteiger partial charge is 0.225 e. The van der Waals surface area contributed by atoms with Gasteiger partial charge >= 0.3 is 0 Å². The molecule has 3 rings (SSSR count). The summed E-state index contributed by atoms with van der Waals surface area (Å²) >= 11 is 11.9. The summed E-state index contributed by atoms with van der Waals surface area (Å²) in [6.45, 7) is 3.47. The first-order valence-corrected chi connectivity index (χ1v) is 8.51. The third-order valence-corrected chi connectivity index (χ3v) is 5.55. The number of amides is 1. The van der Waals surface area contributed by atoms with Crippen LogP contribution < -0.4 is 0 Å². The first-order chi connectivity index (χ1) is 10.5. The number of Topliss-reactive ketones (excluding diaryl/α,β-unsaturated/α-hetero) is 1. The zero-order chi connectivity index (χ0) is 15.9. The third kappa shape index (κ3) is 3.16. The van der Waals surface area contributed by atoms with Gasteiger partial charge < -0.3 is 4.90 Å². The largest absolute Gasteiger partial charge is 0.342 e. The molecule has 22 heavy (non-hydrogen) atoms. The second kappa shape index (κ2) is 6.21. The van der Waals surface area contributed by atoms with Crippen molar-refractivity contribution in [3.05, 3.63) is 33.8 Å². The Hall–Kier alpha value is -1.06. The van der Waals surface area contributed by atoms with E-state index >= 15 is 0 Å². The van der Waals surface area contributed by atoms with Gasteiger partial charge in [-0.2, -0.15) is 0 Å². The van der Waals surface area contributed by atoms with Gasteiger partial charge in [-0.1, -0.05) is 30.1 Å². The molecule has 1 aromatic carbocycles. The predicted molar refractivity (Wildman–Crippen MR) is 87.4 cm³/mol. The van der Waals surface area contributed by atoms with Gasteiger partial charge in [0.25, 0.3) is 0 Å². The van der Waals surface area contributed by atoms with Crippen molar-refractivity contribution in [2.45, 2.75) is 26.2 Å². The summed E-state index contributed by atoms with van der Waals surface area (Å²) in [5.74, 6) is 1.10. The van der Waals surface area contributed by atoms with Crippen LogP contribution in [0, 0.1) is 17.8 Å². The summed E-state index contributed by atoms with van der Waals surface area (Å²) in [5, 5.41) is 0.861. The van der Waals surface area contributed by atoms with Crippen LogP contribution >= 0.6 is 23.2 Å². The van der Waals surface area contributed by atoms with Crippen molar-refractivity contribution in [2.24, 2.45) is 17.8 Å². The van der Waals surface area contributed by atoms with Crippen molar-refractivity contribution in [1.29, 1.82) is 0 Å². The number of hydrogen-bond acceptors (Lipinski definition) is 2. The van der Waals surface area contributed by atoms with E-state index in [9.17, 15) is 9.59 Å². The molecule has 0 bridgehead atoms. The van der Waals surface area contributed by atoms with Crippen LogP contribution in [0.3, 0.4) is 0 Å². The Morgan fingerprint density at radius 3 is 2.32 bits per heavy atom. The molecule has 2 aliphatic rings. The summed E-state index contributed by atoms with van der Waals surface area (Å²) < 4.78 is 0. The third-order valence-electron chi connectivity index (χ3n) is 4.81. The zero-order valence-corrected chi connectivity index (χ0v) is 14.0. The van der Waals surface area contributed by atoms with E-state index in [1.165, 1.54) is 0 Å². The molecule has 118 valence electrons. The van der Waals surface area contributed by atoms with Gasteiger partial charge in [0.1, 0.15) is 0 Å². The Bertz CT molecular complexity index is 609. The summed E-state index contributed by atoms with van der Waals surface area (Å²) in [5.41, 5.74) is 0.606. The standard InChI is InChI=1S/C17H19Cl2NO2/c1-10-8-13(10)17(22)20-6-4-11(5-7-20)16(21)12-2-3-14(18)15(19)9-12/h2-3,9-11,13H,4-8H2,1H3/t10-,13-/m1/s1. The number of benzene rings is 1. The van der Waals surface area contributed by atoms with Crippen molar-refractivity contribution in [3.8, 4) is 0 Å². The molecule has 0 radical (unpaired) electrons. The number of halogens is 2. The lowest BCUT2D eigenvalue weighted by atomic mass is 9.88. The van der Waals surface area contributed by atoms with Gasteiger partial charge in [-0.25, -0.2) is 0 Å². The molecule has 2 fully saturated rings. The van der Waals surface area contributed by atoms with Crippen LogP contribution in [-0.2, 0) is 4.79 Å². The Morgan fingerprint density at radius 1 is 1.14 bits per heavy atom. The first kappa shape index (κ1) is 15.8. The molecule has 1 amide bonds. The Balaban J connectivity index is 1.59. The second-order valence-electron chi connectivity index (χ2n) is 6.41. The maximum absolute atomic E-state index is 12.5. The topological polar surface area (TPSA) is 37.4 Å². The average molecular weight is 340 g/mol. The Labute approximate surface area is 140 Å². The molecular weight excluding hydrogens is 321 g/mol. The molecule has 1 aliphatic heterocycles. The fourth-order valence-corrected chi connectivity index (χ4v) is 3.45. The van der Waals surface area contributed by atoms with Crippen LogP contribution in [-0.4, -0.2) is 29.7 Å². The fraction of sp³-hybridized carbons (Fsp3) is 0.529. The van der Waals surface area contributed by atoms with Crippen molar-refractivity contribution in [2.75, 3.05) is 13.1 Å². The second-order valence-corrected chi connectivity index (χ2v) is 7.23. The van der Waals surface area contributed by atoms with E-state index in [2.05, 4.69) is 6.92 Å². The summed E-state index contributed by atoms with van der Waals surface area (Å²) in [7, 11) is 0. The van der Waals surface area contributed by atoms with Crippen LogP contribution in [0.25, 0.3) is 0 Å². The normalized spacial score (nSPS) is 25.1. The van der Waals surface area contributed by atoms with Crippen molar-refractivity contribution in [3.63, 3.8) is 0 Å². The van der Waals surface area contributed by atoms with E-state index in [0.29, 0.717) is 34.6 Å². The summed E-state index contributed by atoms with van der Waals surface area (Å²) in [6.07, 6.45) is 2.47. The zero-order valence-electron chi connectivity index (χ0n) is 12.5. The van der Waals surface area contributed by atoms with Crippen molar-refractivity contribution >= 4 is 34.9 Å². The molecule has 3 nitrogen and oxygen atoms in total. The minimum absolute atomic E-state index is 0.0297. The number of ketones is 1. The van der Waals surface area contributed by atoms with Gasteiger partial charge in [0.15, 0.2) is 5.78 Å². The van der Waals surface area contributed by atoms with E-state index < -0.39 is 0 Å². The number of piperidine rings is 1. The minimum atomic E-state index is -0.0297. The van der Waals surface area contributed by atoms with E-state index in [1.54, 1.807) is 18.2 Å². The van der Waals surface area contributed by atoms with Crippen molar-refractivity contribution < 1.29 is 9.59 Å². The van der Waals surface area contributed by atoms with E-state index in [0.717, 1.165) is 19.3 Å². The van der Waals surface area contributed by atoms with E-state index in [1.807, 2.05) is 4.90 Å². The molecule has 1 aliphatic carbocycles. The molecule has 1 aromatic rings. The minimum Gasteiger partial charge on any atom is -0.342 e. The highest BCUT2D eigenvalue weighted by molar-refractivity contribution is 6.42.